The third-order valence-corrected chi connectivity index (χ3v) is 4.07. The van der Waals surface area contributed by atoms with Crippen molar-refractivity contribution in [3.8, 4) is 0 Å². The van der Waals surface area contributed by atoms with Crippen LogP contribution >= 0.6 is 0 Å². The van der Waals surface area contributed by atoms with E-state index in [1.165, 1.54) is 0 Å². The number of nitrogens with zero attached hydrogens (tertiary/aromatic N) is 1. The van der Waals surface area contributed by atoms with Gasteiger partial charge in [-0.3, -0.25) is 4.90 Å². The second-order valence-electron chi connectivity index (χ2n) is 5.07. The summed E-state index contributed by atoms with van der Waals surface area (Å²) < 4.78 is 11.1. The Hall–Kier alpha value is -0.160. The zero-order valence-electron chi connectivity index (χ0n) is 11.2. The normalized spacial score (nSPS) is 32.8. The van der Waals surface area contributed by atoms with Gasteiger partial charge in [0.15, 0.2) is 0 Å². The molecule has 2 unspecified atom stereocenters. The maximum absolute atomic E-state index is 5.65. The van der Waals surface area contributed by atoms with Crippen molar-refractivity contribution in [2.45, 2.75) is 44.4 Å². The Bertz CT molecular complexity index is 215. The molecule has 2 heterocycles. The number of ether oxygens (including phenoxy) is 2. The molecule has 2 rings (SSSR count). The molecule has 0 amide bonds. The number of piperidine rings is 1. The lowest BCUT2D eigenvalue weighted by Crippen LogP contribution is -2.57. The maximum atomic E-state index is 5.65. The Kier molecular flexibility index (Phi) is 5.22. The highest BCUT2D eigenvalue weighted by molar-refractivity contribution is 4.89. The van der Waals surface area contributed by atoms with E-state index in [0.29, 0.717) is 18.2 Å². The number of hydrogen-bond donors (Lipinski definition) is 1. The van der Waals surface area contributed by atoms with Gasteiger partial charge in [-0.2, -0.15) is 0 Å². The first-order valence-electron chi connectivity index (χ1n) is 6.93. The minimum absolute atomic E-state index is 0.466. The van der Waals surface area contributed by atoms with Crippen molar-refractivity contribution < 1.29 is 9.47 Å². The van der Waals surface area contributed by atoms with Gasteiger partial charge in [0.25, 0.3) is 0 Å². The molecule has 2 aliphatic heterocycles. The van der Waals surface area contributed by atoms with Crippen LogP contribution in [0.5, 0.6) is 0 Å². The summed E-state index contributed by atoms with van der Waals surface area (Å²) in [7, 11) is 1.82. The predicted octanol–water partition coefficient (Wildman–Crippen LogP) is 0.864. The molecule has 17 heavy (non-hydrogen) atoms. The summed E-state index contributed by atoms with van der Waals surface area (Å²) in [5.74, 6) is 0. The van der Waals surface area contributed by atoms with E-state index in [9.17, 15) is 0 Å². The Morgan fingerprint density at radius 1 is 1.29 bits per heavy atom. The second-order valence-corrected chi connectivity index (χ2v) is 5.07. The predicted molar refractivity (Wildman–Crippen MR) is 68.3 cm³/mol. The highest BCUT2D eigenvalue weighted by Crippen LogP contribution is 2.20. The molecular weight excluding hydrogens is 216 g/mol. The van der Waals surface area contributed by atoms with Gasteiger partial charge in [0.1, 0.15) is 0 Å². The molecule has 0 aromatic carbocycles. The number of rotatable bonds is 4. The molecular formula is C13H26N2O2. The van der Waals surface area contributed by atoms with Gasteiger partial charge in [0.05, 0.1) is 12.7 Å². The van der Waals surface area contributed by atoms with Gasteiger partial charge in [0.2, 0.25) is 0 Å². The molecule has 1 N–H and O–H groups in total. The minimum atomic E-state index is 0.466. The van der Waals surface area contributed by atoms with Gasteiger partial charge in [-0.05, 0) is 25.8 Å². The monoisotopic (exact) mass is 242 g/mol. The largest absolute Gasteiger partial charge is 0.381 e. The molecule has 0 spiro atoms. The summed E-state index contributed by atoms with van der Waals surface area (Å²) >= 11 is 0. The Morgan fingerprint density at radius 2 is 2.06 bits per heavy atom. The molecule has 0 aromatic heterocycles. The fourth-order valence-corrected chi connectivity index (χ4v) is 3.03. The number of nitrogens with one attached hydrogen (secondary N) is 1. The van der Waals surface area contributed by atoms with E-state index >= 15 is 0 Å². The lowest BCUT2D eigenvalue weighted by atomic mass is 9.98. The molecule has 2 saturated heterocycles. The lowest BCUT2D eigenvalue weighted by Gasteiger charge is -2.43. The van der Waals surface area contributed by atoms with Crippen LogP contribution in [0.2, 0.25) is 0 Å². The van der Waals surface area contributed by atoms with E-state index < -0.39 is 0 Å². The zero-order valence-corrected chi connectivity index (χ0v) is 11.2. The van der Waals surface area contributed by atoms with E-state index in [2.05, 4.69) is 17.1 Å². The van der Waals surface area contributed by atoms with Crippen LogP contribution in [-0.2, 0) is 9.47 Å². The number of likely N-dealkylation sites (N-methyl/N-ethyl adjacent to an activating group) is 1. The number of likely N-dealkylation sites (tertiary alicyclic amines) is 1. The van der Waals surface area contributed by atoms with Crippen molar-refractivity contribution in [3.05, 3.63) is 0 Å². The minimum Gasteiger partial charge on any atom is -0.381 e. The van der Waals surface area contributed by atoms with E-state index in [1.54, 1.807) is 0 Å². The van der Waals surface area contributed by atoms with Crippen molar-refractivity contribution in [3.63, 3.8) is 0 Å². The summed E-state index contributed by atoms with van der Waals surface area (Å²) in [5, 5.41) is 3.60. The first kappa shape index (κ1) is 13.3. The summed E-state index contributed by atoms with van der Waals surface area (Å²) in [6.07, 6.45) is 3.92. The topological polar surface area (TPSA) is 33.7 Å². The van der Waals surface area contributed by atoms with Gasteiger partial charge in [-0.15, -0.1) is 0 Å². The average molecular weight is 242 g/mol. The molecule has 4 heteroatoms. The van der Waals surface area contributed by atoms with Gasteiger partial charge < -0.3 is 14.8 Å². The number of methoxy groups -OCH3 is 1. The summed E-state index contributed by atoms with van der Waals surface area (Å²) in [4.78, 5) is 2.59. The fraction of sp³-hybridized carbons (Fsp3) is 1.00. The first-order chi connectivity index (χ1) is 8.35. The third-order valence-electron chi connectivity index (χ3n) is 4.07. The molecule has 2 atom stereocenters. The summed E-state index contributed by atoms with van der Waals surface area (Å²) in [5.41, 5.74) is 0. The quantitative estimate of drug-likeness (QED) is 0.793. The van der Waals surface area contributed by atoms with Crippen LogP contribution in [0.25, 0.3) is 0 Å². The summed E-state index contributed by atoms with van der Waals surface area (Å²) in [6.45, 7) is 7.32. The Labute approximate surface area is 105 Å². The molecule has 0 aromatic rings. The van der Waals surface area contributed by atoms with Gasteiger partial charge in [-0.25, -0.2) is 0 Å². The van der Waals surface area contributed by atoms with Crippen LogP contribution in [0.1, 0.15) is 26.2 Å². The zero-order chi connectivity index (χ0) is 12.1. The molecule has 2 aliphatic rings. The fourth-order valence-electron chi connectivity index (χ4n) is 3.03. The van der Waals surface area contributed by atoms with Crippen LogP contribution in [-0.4, -0.2) is 63.0 Å². The van der Waals surface area contributed by atoms with Crippen LogP contribution in [0.15, 0.2) is 0 Å². The van der Waals surface area contributed by atoms with Crippen LogP contribution in [0.3, 0.4) is 0 Å². The Morgan fingerprint density at radius 3 is 2.71 bits per heavy atom. The second kappa shape index (κ2) is 6.69. The standard InChI is InChI=1S/C13H26N2O2/c1-3-14-12-6-9-17-10-13(12)15-7-4-11(16-2)5-8-15/h11-14H,3-10H2,1-2H3. The van der Waals surface area contributed by atoms with E-state index in [-0.39, 0.29) is 0 Å². The SMILES string of the molecule is CCNC1CCOCC1N1CCC(OC)CC1. The molecule has 4 nitrogen and oxygen atoms in total. The van der Waals surface area contributed by atoms with Crippen molar-refractivity contribution in [1.29, 1.82) is 0 Å². The summed E-state index contributed by atoms with van der Waals surface area (Å²) in [6, 6.07) is 1.16. The maximum Gasteiger partial charge on any atom is 0.0637 e. The van der Waals surface area contributed by atoms with E-state index in [4.69, 9.17) is 9.47 Å². The van der Waals surface area contributed by atoms with Gasteiger partial charge in [-0.1, -0.05) is 6.92 Å². The lowest BCUT2D eigenvalue weighted by molar-refractivity contribution is -0.0324. The Balaban J connectivity index is 1.86. The molecule has 0 radical (unpaired) electrons. The van der Waals surface area contributed by atoms with Crippen molar-refractivity contribution >= 4 is 0 Å². The highest BCUT2D eigenvalue weighted by Gasteiger charge is 2.32. The van der Waals surface area contributed by atoms with Crippen molar-refractivity contribution in [2.75, 3.05) is 40.0 Å². The van der Waals surface area contributed by atoms with Crippen molar-refractivity contribution in [1.82, 2.24) is 10.2 Å². The van der Waals surface area contributed by atoms with Gasteiger partial charge >= 0.3 is 0 Å². The van der Waals surface area contributed by atoms with Crippen LogP contribution in [0.4, 0.5) is 0 Å². The molecule has 100 valence electrons. The van der Waals surface area contributed by atoms with Gasteiger partial charge in [0, 0.05) is 38.9 Å². The average Bonchev–Trinajstić information content (AvgIpc) is 2.40. The molecule has 0 saturated carbocycles. The molecule has 2 fully saturated rings. The van der Waals surface area contributed by atoms with Crippen LogP contribution < -0.4 is 5.32 Å². The van der Waals surface area contributed by atoms with E-state index in [0.717, 1.165) is 52.1 Å². The van der Waals surface area contributed by atoms with E-state index in [1.807, 2.05) is 7.11 Å². The molecule has 0 aliphatic carbocycles. The third kappa shape index (κ3) is 3.41. The first-order valence-corrected chi connectivity index (χ1v) is 6.93. The smallest absolute Gasteiger partial charge is 0.0637 e. The van der Waals surface area contributed by atoms with Crippen LogP contribution in [0, 0.1) is 0 Å². The highest BCUT2D eigenvalue weighted by atomic mass is 16.5. The van der Waals surface area contributed by atoms with Crippen molar-refractivity contribution in [2.24, 2.45) is 0 Å². The number of hydrogen-bond acceptors (Lipinski definition) is 4. The molecule has 0 bridgehead atoms.